The molecule has 0 radical (unpaired) electrons. The van der Waals surface area contributed by atoms with E-state index < -0.39 is 0 Å². The second-order valence-electron chi connectivity index (χ2n) is 4.06. The van der Waals surface area contributed by atoms with Gasteiger partial charge in [-0.15, -0.1) is 0 Å². The number of methoxy groups -OCH3 is 1. The Balaban J connectivity index is 2.21. The molecule has 19 heavy (non-hydrogen) atoms. The van der Waals surface area contributed by atoms with Crippen LogP contribution in [0.2, 0.25) is 0 Å². The van der Waals surface area contributed by atoms with Crippen molar-refractivity contribution < 1.29 is 14.2 Å². The van der Waals surface area contributed by atoms with Crippen LogP contribution in [0.4, 0.5) is 0 Å². The first-order chi connectivity index (χ1) is 9.15. The number of halogens is 1. The first-order valence-electron chi connectivity index (χ1n) is 6.16. The Morgan fingerprint density at radius 1 is 1.16 bits per heavy atom. The van der Waals surface area contributed by atoms with Crippen LogP contribution in [0, 0.1) is 6.92 Å². The Morgan fingerprint density at radius 3 is 2.47 bits per heavy atom. The lowest BCUT2D eigenvalue weighted by Gasteiger charge is -2.09. The first kappa shape index (κ1) is 16.4. The minimum absolute atomic E-state index is 0.0168. The summed E-state index contributed by atoms with van der Waals surface area (Å²) in [7, 11) is 1.64. The molecule has 1 aromatic rings. The molecule has 0 N–H and O–H groups in total. The number of hydrogen-bond acceptors (Lipinski definition) is 4. The van der Waals surface area contributed by atoms with Crippen LogP contribution >= 0.6 is 15.9 Å². The molecule has 5 nitrogen and oxygen atoms in total. The maximum Gasteiger partial charge on any atom is 0.253 e. The zero-order valence-electron chi connectivity index (χ0n) is 11.4. The van der Waals surface area contributed by atoms with E-state index in [2.05, 4.69) is 15.9 Å². The van der Waals surface area contributed by atoms with E-state index in [1.807, 2.05) is 6.07 Å². The average molecular weight is 334 g/mol. The number of rotatable bonds is 9. The number of ether oxygens (including phenoxy) is 3. The van der Waals surface area contributed by atoms with Gasteiger partial charge in [0.05, 0.1) is 33.0 Å². The van der Waals surface area contributed by atoms with Gasteiger partial charge in [0.25, 0.3) is 5.56 Å². The number of aryl methyl sites for hydroxylation is 1. The summed E-state index contributed by atoms with van der Waals surface area (Å²) in [6, 6.07) is 1.81. The molecule has 0 aliphatic heterocycles. The topological polar surface area (TPSA) is 49.7 Å². The fraction of sp³-hybridized carbons (Fsp3) is 0.615. The van der Waals surface area contributed by atoms with Crippen LogP contribution in [-0.2, 0) is 20.8 Å². The molecule has 0 atom stereocenters. The Bertz CT molecular complexity index is 433. The van der Waals surface area contributed by atoms with Crippen molar-refractivity contribution in [3.8, 4) is 0 Å². The first-order valence-corrected chi connectivity index (χ1v) is 6.95. The summed E-state index contributed by atoms with van der Waals surface area (Å²) in [5.74, 6) is 0. The quantitative estimate of drug-likeness (QED) is 0.644. The minimum Gasteiger partial charge on any atom is -0.382 e. The zero-order valence-corrected chi connectivity index (χ0v) is 12.9. The Hall–Kier alpha value is -0.690. The summed E-state index contributed by atoms with van der Waals surface area (Å²) in [4.78, 5) is 11.8. The lowest BCUT2D eigenvalue weighted by molar-refractivity contribution is 0.0229. The average Bonchev–Trinajstić information content (AvgIpc) is 2.38. The second-order valence-corrected chi connectivity index (χ2v) is 4.97. The van der Waals surface area contributed by atoms with Crippen molar-refractivity contribution in [2.75, 3.05) is 40.1 Å². The molecule has 1 aromatic heterocycles. The number of aromatic nitrogens is 1. The third-order valence-corrected chi connectivity index (χ3v) is 2.95. The van der Waals surface area contributed by atoms with Gasteiger partial charge in [-0.3, -0.25) is 4.79 Å². The third kappa shape index (κ3) is 6.33. The Morgan fingerprint density at radius 2 is 1.79 bits per heavy atom. The smallest absolute Gasteiger partial charge is 0.253 e. The third-order valence-electron chi connectivity index (χ3n) is 2.51. The van der Waals surface area contributed by atoms with Crippen molar-refractivity contribution in [3.05, 3.63) is 32.7 Å². The van der Waals surface area contributed by atoms with Crippen molar-refractivity contribution in [2.24, 2.45) is 0 Å². The van der Waals surface area contributed by atoms with Gasteiger partial charge in [0.1, 0.15) is 0 Å². The molecule has 1 rings (SSSR count). The van der Waals surface area contributed by atoms with Gasteiger partial charge < -0.3 is 18.8 Å². The molecular formula is C13H20BrNO4. The van der Waals surface area contributed by atoms with Crippen molar-refractivity contribution in [1.82, 2.24) is 4.57 Å². The van der Waals surface area contributed by atoms with E-state index in [0.29, 0.717) is 39.6 Å². The van der Waals surface area contributed by atoms with Gasteiger partial charge in [0, 0.05) is 29.9 Å². The molecule has 0 amide bonds. The van der Waals surface area contributed by atoms with E-state index in [0.717, 1.165) is 10.0 Å². The highest BCUT2D eigenvalue weighted by atomic mass is 79.9. The fourth-order valence-electron chi connectivity index (χ4n) is 1.53. The van der Waals surface area contributed by atoms with Gasteiger partial charge in [-0.1, -0.05) is 0 Å². The lowest BCUT2D eigenvalue weighted by Crippen LogP contribution is -2.24. The molecule has 0 saturated carbocycles. The van der Waals surface area contributed by atoms with Crippen LogP contribution < -0.4 is 5.56 Å². The minimum atomic E-state index is 0.0168. The van der Waals surface area contributed by atoms with Crippen molar-refractivity contribution >= 4 is 15.9 Å². The highest BCUT2D eigenvalue weighted by Gasteiger charge is 2.01. The summed E-state index contributed by atoms with van der Waals surface area (Å²) in [6.07, 6.45) is 1.77. The summed E-state index contributed by atoms with van der Waals surface area (Å²) in [5, 5.41) is 0. The van der Waals surface area contributed by atoms with Crippen LogP contribution in [-0.4, -0.2) is 44.7 Å². The van der Waals surface area contributed by atoms with E-state index in [1.165, 1.54) is 0 Å². The molecule has 0 aliphatic rings. The van der Waals surface area contributed by atoms with Gasteiger partial charge in [-0.05, 0) is 28.9 Å². The van der Waals surface area contributed by atoms with E-state index in [4.69, 9.17) is 14.2 Å². The number of nitrogens with zero attached hydrogens (tertiary/aromatic N) is 1. The molecule has 108 valence electrons. The predicted molar refractivity (Wildman–Crippen MR) is 76.7 cm³/mol. The van der Waals surface area contributed by atoms with Crippen LogP contribution in [0.15, 0.2) is 21.5 Å². The van der Waals surface area contributed by atoms with Gasteiger partial charge in [0.2, 0.25) is 0 Å². The van der Waals surface area contributed by atoms with Crippen LogP contribution in [0.3, 0.4) is 0 Å². The van der Waals surface area contributed by atoms with E-state index >= 15 is 0 Å². The molecule has 0 fully saturated rings. The van der Waals surface area contributed by atoms with Crippen LogP contribution in [0.25, 0.3) is 0 Å². The van der Waals surface area contributed by atoms with E-state index in [-0.39, 0.29) is 5.56 Å². The lowest BCUT2D eigenvalue weighted by atomic mass is 10.3. The standard InChI is InChI=1S/C13H20BrNO4/c1-11-9-12(14)10-15(13(11)16)3-4-18-7-8-19-6-5-17-2/h9-10H,3-8H2,1-2H3. The zero-order chi connectivity index (χ0) is 14.1. The van der Waals surface area contributed by atoms with Crippen molar-refractivity contribution in [1.29, 1.82) is 0 Å². The molecular weight excluding hydrogens is 314 g/mol. The SMILES string of the molecule is COCCOCCOCCn1cc(Br)cc(C)c1=O. The Kier molecular flexibility index (Phi) is 7.97. The molecule has 0 aromatic carbocycles. The maximum atomic E-state index is 11.8. The van der Waals surface area contributed by atoms with Crippen LogP contribution in [0.1, 0.15) is 5.56 Å². The normalized spacial score (nSPS) is 10.9. The second kappa shape index (κ2) is 9.25. The van der Waals surface area contributed by atoms with Crippen molar-refractivity contribution in [3.63, 3.8) is 0 Å². The number of hydrogen-bond donors (Lipinski definition) is 0. The molecule has 0 unspecified atom stereocenters. The predicted octanol–water partition coefficient (Wildman–Crippen LogP) is 1.60. The maximum absolute atomic E-state index is 11.8. The molecule has 6 heteroatoms. The summed E-state index contributed by atoms with van der Waals surface area (Å²) < 4.78 is 18.1. The van der Waals surface area contributed by atoms with Gasteiger partial charge in [-0.2, -0.15) is 0 Å². The monoisotopic (exact) mass is 333 g/mol. The molecule has 0 bridgehead atoms. The van der Waals surface area contributed by atoms with Gasteiger partial charge in [0.15, 0.2) is 0 Å². The van der Waals surface area contributed by atoms with E-state index in [9.17, 15) is 4.79 Å². The summed E-state index contributed by atoms with van der Waals surface area (Å²) in [5.41, 5.74) is 0.736. The van der Waals surface area contributed by atoms with E-state index in [1.54, 1.807) is 24.8 Å². The molecule has 0 spiro atoms. The largest absolute Gasteiger partial charge is 0.382 e. The Labute approximate surface area is 121 Å². The molecule has 0 saturated heterocycles. The van der Waals surface area contributed by atoms with Crippen molar-refractivity contribution in [2.45, 2.75) is 13.5 Å². The van der Waals surface area contributed by atoms with Crippen LogP contribution in [0.5, 0.6) is 0 Å². The fourth-order valence-corrected chi connectivity index (χ4v) is 2.12. The molecule has 1 heterocycles. The number of pyridine rings is 1. The highest BCUT2D eigenvalue weighted by molar-refractivity contribution is 9.10. The van der Waals surface area contributed by atoms with Gasteiger partial charge in [-0.25, -0.2) is 0 Å². The summed E-state index contributed by atoms with van der Waals surface area (Å²) >= 11 is 3.37. The van der Waals surface area contributed by atoms with Gasteiger partial charge >= 0.3 is 0 Å². The molecule has 0 aliphatic carbocycles. The highest BCUT2D eigenvalue weighted by Crippen LogP contribution is 2.07. The summed E-state index contributed by atoms with van der Waals surface area (Å²) in [6.45, 7) is 5.05.